The van der Waals surface area contributed by atoms with Crippen LogP contribution in [0.3, 0.4) is 0 Å². The van der Waals surface area contributed by atoms with Gasteiger partial charge in [0.05, 0.1) is 62.0 Å². The summed E-state index contributed by atoms with van der Waals surface area (Å²) in [6, 6.07) is 23.6. The summed E-state index contributed by atoms with van der Waals surface area (Å²) in [5.41, 5.74) is 6.72. The van der Waals surface area contributed by atoms with E-state index in [9.17, 15) is 40.2 Å². The molecule has 12 aliphatic rings. The number of aliphatic hydroxyl groups excluding tert-OH is 6. The number of allylic oxidation sites excluding steroid dienone is 3. The standard InChI is InChI=1S/C34H50O4.C33H50O2.C26H44O2.C8H7IO2/c1-6-24-29-20-23(35)16-18-34(29,4)28-17-19-33(3)26(14-15-27(33)30(28)31(24)36)21(2)10-9-12-22-11-7-8-13-25(22)32(37)38-5;1-6-25-29-20-24(34)16-18-33(29,5)28-17-19-32(4)26(14-15-27(32)30(28)31(25)35)22(3)11-9-13-23-12-8-7-10-21(23)2;1-6-8-16(3)19-9-10-20-23-21(12-14-25(19,20)4)26(5)13-11-17(27)15-22(26)18(7-2)24(23)28;1-11-8(10)6-4-2-3-5-7(6)9/h7-9,11-13,21,23-24,26-31,35-36H,6,10,14-20H2,1-5H3;7-10,12-13,22,24-31,34-35H,6,11,14-20H2,1-5H3;6,16-24,27-28H,1,7-15H2,2-5H3;2-5H,1H3/b12-9+;13-9+;;/t21-,23-,24-,26-,27+,28+,29+,30+,31-,33-,34-;22-,24-,25-,26-,27+,28+,29+,30+,31-,32-,33-;16-,17-,18-,19-,20+,21+,22+,23+,24-,25-,26-;/m111./s1. The molecule has 6 N–H and O–H groups in total. The number of hydrogen-bond donors (Lipinski definition) is 6. The number of rotatable bonds is 16. The topological polar surface area (TPSA) is 174 Å². The summed E-state index contributed by atoms with van der Waals surface area (Å²) >= 11 is 2.10. The predicted octanol–water partition coefficient (Wildman–Crippen LogP) is 22.7. The first-order chi connectivity index (χ1) is 53.4. The van der Waals surface area contributed by atoms with Crippen molar-refractivity contribution in [2.24, 2.45) is 157 Å². The fraction of sp³-hybridized carbons (Fsp3) is 0.743. The first-order valence-electron chi connectivity index (χ1n) is 45.5. The van der Waals surface area contributed by atoms with Gasteiger partial charge in [0, 0.05) is 3.57 Å². The van der Waals surface area contributed by atoms with Crippen LogP contribution in [0.25, 0.3) is 12.2 Å². The van der Waals surface area contributed by atoms with Crippen molar-refractivity contribution in [2.75, 3.05) is 14.2 Å². The molecule has 33 atom stereocenters. The second kappa shape index (κ2) is 36.1. The highest BCUT2D eigenvalue weighted by molar-refractivity contribution is 14.1. The molecule has 0 saturated heterocycles. The van der Waals surface area contributed by atoms with E-state index in [4.69, 9.17) is 4.74 Å². The van der Waals surface area contributed by atoms with Crippen LogP contribution in [0.1, 0.15) is 294 Å². The van der Waals surface area contributed by atoms with Gasteiger partial charge in [-0.25, -0.2) is 9.59 Å². The molecule has 0 heterocycles. The van der Waals surface area contributed by atoms with Crippen molar-refractivity contribution in [1.82, 2.24) is 0 Å². The number of esters is 2. The van der Waals surface area contributed by atoms with Crippen molar-refractivity contribution >= 4 is 46.7 Å². The largest absolute Gasteiger partial charge is 0.465 e. The van der Waals surface area contributed by atoms with E-state index in [0.29, 0.717) is 145 Å². The molecule has 0 unspecified atom stereocenters. The second-order valence-corrected chi connectivity index (χ2v) is 42.2. The fourth-order valence-electron chi connectivity index (χ4n) is 30.8. The molecule has 12 fully saturated rings. The van der Waals surface area contributed by atoms with Gasteiger partial charge in [0.1, 0.15) is 0 Å². The van der Waals surface area contributed by atoms with E-state index in [-0.39, 0.29) is 59.4 Å². The average Bonchev–Trinajstić information content (AvgIpc) is 1.33. The summed E-state index contributed by atoms with van der Waals surface area (Å²) in [7, 11) is 2.81. The van der Waals surface area contributed by atoms with Crippen LogP contribution in [0.2, 0.25) is 0 Å². The van der Waals surface area contributed by atoms with E-state index in [1.807, 2.05) is 42.5 Å². The normalized spacial score (nSPS) is 43.6. The van der Waals surface area contributed by atoms with Gasteiger partial charge in [-0.1, -0.05) is 187 Å². The van der Waals surface area contributed by atoms with Crippen LogP contribution >= 0.6 is 22.6 Å². The lowest BCUT2D eigenvalue weighted by Crippen LogP contribution is -2.62. The van der Waals surface area contributed by atoms with Gasteiger partial charge >= 0.3 is 11.9 Å². The molecule has 3 aromatic rings. The Balaban J connectivity index is 0.000000147. The third-order valence-corrected chi connectivity index (χ3v) is 37.4. The summed E-state index contributed by atoms with van der Waals surface area (Å²) in [4.78, 5) is 23.2. The molecule has 0 aliphatic heterocycles. The summed E-state index contributed by atoms with van der Waals surface area (Å²) in [5, 5.41) is 67.0. The molecular weight excluding hydrogens is 1500 g/mol. The summed E-state index contributed by atoms with van der Waals surface area (Å²) in [5.74, 6) is 11.1. The number of hydrogen-bond acceptors (Lipinski definition) is 10. The molecule has 10 nitrogen and oxygen atoms in total. The Hall–Kier alpha value is -3.69. The van der Waals surface area contributed by atoms with Crippen molar-refractivity contribution in [1.29, 1.82) is 0 Å². The smallest absolute Gasteiger partial charge is 0.338 e. The Morgan fingerprint density at radius 1 is 0.429 bits per heavy atom. The molecule has 12 aliphatic carbocycles. The molecule has 15 rings (SSSR count). The summed E-state index contributed by atoms with van der Waals surface area (Å²) in [6.07, 6.45) is 40.9. The van der Waals surface area contributed by atoms with Gasteiger partial charge in [0.15, 0.2) is 0 Å². The molecule has 0 bridgehead atoms. The van der Waals surface area contributed by atoms with E-state index in [1.165, 1.54) is 102 Å². The van der Waals surface area contributed by atoms with Crippen LogP contribution < -0.4 is 0 Å². The molecule has 3 aromatic carbocycles. The van der Waals surface area contributed by atoms with E-state index in [0.717, 1.165) is 117 Å². The number of aliphatic hydroxyl groups is 6. The van der Waals surface area contributed by atoms with Crippen LogP contribution in [0.5, 0.6) is 0 Å². The Labute approximate surface area is 691 Å². The minimum Gasteiger partial charge on any atom is -0.465 e. The molecule has 0 radical (unpaired) electrons. The molecule has 11 heteroatoms. The third kappa shape index (κ3) is 16.3. The third-order valence-electron chi connectivity index (χ3n) is 36.4. The average molecular weight is 1650 g/mol. The van der Waals surface area contributed by atoms with Gasteiger partial charge in [-0.05, 0) is 375 Å². The van der Waals surface area contributed by atoms with Gasteiger partial charge < -0.3 is 40.1 Å². The zero-order chi connectivity index (χ0) is 80.7. The highest BCUT2D eigenvalue weighted by Gasteiger charge is 2.69. The second-order valence-electron chi connectivity index (χ2n) is 41.0. The quantitative estimate of drug-likeness (QED) is 0.0460. The van der Waals surface area contributed by atoms with Crippen molar-refractivity contribution in [2.45, 2.75) is 300 Å². The molecule has 0 amide bonds. The number of methoxy groups -OCH3 is 2. The number of aryl methyl sites for hydroxylation is 1. The van der Waals surface area contributed by atoms with E-state index in [2.05, 4.69) is 179 Å². The lowest BCUT2D eigenvalue weighted by molar-refractivity contribution is -0.203. The van der Waals surface area contributed by atoms with Gasteiger partial charge in [-0.3, -0.25) is 0 Å². The zero-order valence-electron chi connectivity index (χ0n) is 71.9. The molecular formula is C101H151IO10. The number of carbonyl (C=O) groups is 2. The number of carbonyl (C=O) groups excluding carboxylic acids is 2. The molecule has 112 heavy (non-hydrogen) atoms. The molecule has 0 aromatic heterocycles. The number of benzene rings is 3. The highest BCUT2D eigenvalue weighted by atomic mass is 127. The van der Waals surface area contributed by atoms with Crippen LogP contribution in [0.4, 0.5) is 0 Å². The minimum atomic E-state index is -0.291. The maximum Gasteiger partial charge on any atom is 0.338 e. The zero-order valence-corrected chi connectivity index (χ0v) is 74.1. The number of halogens is 1. The Morgan fingerprint density at radius 3 is 1.10 bits per heavy atom. The van der Waals surface area contributed by atoms with Crippen LogP contribution in [0.15, 0.2) is 97.6 Å². The van der Waals surface area contributed by atoms with Gasteiger partial charge in [0.2, 0.25) is 0 Å². The summed E-state index contributed by atoms with van der Waals surface area (Å²) in [6.45, 7) is 35.6. The Kier molecular flexibility index (Phi) is 28.2. The van der Waals surface area contributed by atoms with E-state index < -0.39 is 0 Å². The summed E-state index contributed by atoms with van der Waals surface area (Å²) < 4.78 is 10.5. The molecule has 0 spiro atoms. The van der Waals surface area contributed by atoms with Crippen LogP contribution in [0, 0.1) is 167 Å². The van der Waals surface area contributed by atoms with E-state index in [1.54, 1.807) is 6.07 Å². The Bertz CT molecular complexity index is 3720. The van der Waals surface area contributed by atoms with Crippen LogP contribution in [-0.2, 0) is 9.47 Å². The lowest BCUT2D eigenvalue weighted by Gasteiger charge is -2.64. The fourth-order valence-corrected chi connectivity index (χ4v) is 31.4. The maximum absolute atomic E-state index is 12.2. The maximum atomic E-state index is 12.2. The Morgan fingerprint density at radius 2 is 0.741 bits per heavy atom. The van der Waals surface area contributed by atoms with Gasteiger partial charge in [-0.15, -0.1) is 6.58 Å². The van der Waals surface area contributed by atoms with Crippen molar-refractivity contribution in [3.05, 3.63) is 129 Å². The first kappa shape index (κ1) is 87.6. The first-order valence-corrected chi connectivity index (χ1v) is 46.5. The van der Waals surface area contributed by atoms with Crippen LogP contribution in [-0.4, -0.2) is 93.4 Å². The van der Waals surface area contributed by atoms with Gasteiger partial charge in [-0.2, -0.15) is 0 Å². The minimum absolute atomic E-state index is 0.152. The number of ether oxygens (including phenoxy) is 2. The van der Waals surface area contributed by atoms with Crippen molar-refractivity contribution < 1.29 is 49.7 Å². The van der Waals surface area contributed by atoms with Crippen molar-refractivity contribution in [3.63, 3.8) is 0 Å². The number of fused-ring (bicyclic) bond motifs is 15. The van der Waals surface area contributed by atoms with Gasteiger partial charge in [0.25, 0.3) is 0 Å². The SMILES string of the molecule is C=CC[C@@H](C)[C@H]1CC[C@H]2[C@@H]3[C@H](O)[C@H](CC)[C@@H]4C[C@H](O)CC[C@]4(C)[C@H]3CC[C@]12C.CC[C@H]1[C@@H](O)[C@@H]2[C@H](CC[C@]3(C)[C@@H]([C@H](C)C/C=C/c4ccccc4C(=O)OC)CC[C@@H]23)[C@@]2(C)CC[C@@H](O)C[C@@H]12.CC[C@H]1[C@@H](O)[C@@H]2[C@H](CC[C@]3(C)[C@@H]([C@H](C)C/C=C/c4ccccc4C)CC[C@@H]23)[C@@]2(C)CC[C@@H](O)C[C@@H]12.COC(=O)c1ccccc1I. The lowest BCUT2D eigenvalue weighted by atomic mass is 9.41. The monoisotopic (exact) mass is 1650 g/mol. The van der Waals surface area contributed by atoms with E-state index >= 15 is 0 Å². The predicted molar refractivity (Wildman–Crippen MR) is 464 cm³/mol. The highest BCUT2D eigenvalue weighted by Crippen LogP contribution is 2.74. The molecule has 12 saturated carbocycles. The van der Waals surface area contributed by atoms with Crippen molar-refractivity contribution in [3.8, 4) is 0 Å². The molecule has 622 valence electrons.